The molecule has 0 radical (unpaired) electrons. The minimum Gasteiger partial charge on any atom is -0.478 e. The monoisotopic (exact) mass is 545 g/mol. The van der Waals surface area contributed by atoms with Gasteiger partial charge in [0.2, 0.25) is 11.8 Å². The molecule has 9 nitrogen and oxygen atoms in total. The molecule has 1 aromatic rings. The van der Waals surface area contributed by atoms with Gasteiger partial charge in [-0.2, -0.15) is 0 Å². The van der Waals surface area contributed by atoms with E-state index >= 15 is 0 Å². The second-order valence-corrected chi connectivity index (χ2v) is 11.9. The van der Waals surface area contributed by atoms with Crippen LogP contribution in [0.3, 0.4) is 0 Å². The van der Waals surface area contributed by atoms with Crippen LogP contribution in [0.2, 0.25) is 0 Å². The van der Waals surface area contributed by atoms with E-state index in [0.717, 1.165) is 5.56 Å². The summed E-state index contributed by atoms with van der Waals surface area (Å²) >= 11 is 0. The summed E-state index contributed by atoms with van der Waals surface area (Å²) in [5.41, 5.74) is 0.00402. The number of ether oxygens (including phenoxy) is 1. The average molecular weight is 546 g/mol. The minimum absolute atomic E-state index is 0.00240. The highest BCUT2D eigenvalue weighted by molar-refractivity contribution is 5.92. The van der Waals surface area contributed by atoms with E-state index in [2.05, 4.69) is 10.6 Å². The highest BCUT2D eigenvalue weighted by Gasteiger charge is 2.41. The minimum atomic E-state index is -1.02. The van der Waals surface area contributed by atoms with E-state index < -0.39 is 40.9 Å². The molecule has 0 saturated heterocycles. The van der Waals surface area contributed by atoms with E-state index in [-0.39, 0.29) is 29.9 Å². The van der Waals surface area contributed by atoms with Gasteiger partial charge in [0, 0.05) is 18.0 Å². The van der Waals surface area contributed by atoms with Crippen LogP contribution in [0.25, 0.3) is 0 Å². The van der Waals surface area contributed by atoms with Crippen LogP contribution in [0.1, 0.15) is 78.2 Å². The Morgan fingerprint density at radius 3 is 1.97 bits per heavy atom. The number of carbonyl (C=O) groups excluding carboxylic acids is 3. The predicted molar refractivity (Wildman–Crippen MR) is 152 cm³/mol. The van der Waals surface area contributed by atoms with Gasteiger partial charge in [-0.05, 0) is 49.9 Å². The molecule has 0 heterocycles. The summed E-state index contributed by atoms with van der Waals surface area (Å²) in [6.45, 7) is 17.0. The first-order valence-electron chi connectivity index (χ1n) is 13.3. The van der Waals surface area contributed by atoms with E-state index in [4.69, 9.17) is 4.74 Å². The van der Waals surface area contributed by atoms with Gasteiger partial charge in [-0.3, -0.25) is 9.59 Å². The lowest BCUT2D eigenvalue weighted by molar-refractivity contribution is -0.141. The van der Waals surface area contributed by atoms with Crippen LogP contribution >= 0.6 is 0 Å². The van der Waals surface area contributed by atoms with Gasteiger partial charge in [-0.15, -0.1) is 0 Å². The van der Waals surface area contributed by atoms with Crippen LogP contribution in [-0.2, 0) is 24.5 Å². The van der Waals surface area contributed by atoms with Crippen LogP contribution in [0, 0.1) is 11.3 Å². The lowest BCUT2D eigenvalue weighted by atomic mass is 9.76. The summed E-state index contributed by atoms with van der Waals surface area (Å²) in [5.74, 6) is -2.09. The molecule has 0 bridgehead atoms. The molecule has 2 amide bonds. The van der Waals surface area contributed by atoms with Gasteiger partial charge in [-0.25, -0.2) is 9.59 Å². The van der Waals surface area contributed by atoms with Gasteiger partial charge < -0.3 is 25.4 Å². The molecule has 0 aliphatic carbocycles. The number of carbonyl (C=O) groups is 4. The summed E-state index contributed by atoms with van der Waals surface area (Å²) in [7, 11) is 3.35. The highest BCUT2D eigenvalue weighted by atomic mass is 16.5. The summed E-state index contributed by atoms with van der Waals surface area (Å²) in [6.07, 6.45) is 1.74. The number of amides is 2. The first-order valence-corrected chi connectivity index (χ1v) is 13.3. The molecule has 0 aliphatic heterocycles. The Hall–Kier alpha value is -3.20. The third-order valence-corrected chi connectivity index (χ3v) is 7.04. The zero-order valence-corrected chi connectivity index (χ0v) is 25.3. The standard InChI is InChI=1S/C30H47N3O6/c1-12-39-28(38)19(4)17-22(18(2)3)33(11)26(35)24(29(5,6)7)32-25(34)23(31-10)30(8,9)21-15-13-20(14-16-21)27(36)37/h13-18,22-24,31H,12H2,1-11H3,(H,32,34)(H,36,37)/b19-17+/t22?,23?,24-/m1/s1. The second-order valence-electron chi connectivity index (χ2n) is 11.9. The Kier molecular flexibility index (Phi) is 11.9. The maximum atomic E-state index is 13.9. The molecule has 3 N–H and O–H groups in total. The zero-order chi connectivity index (χ0) is 30.3. The third-order valence-electron chi connectivity index (χ3n) is 7.04. The molecule has 0 saturated carbocycles. The second kappa shape index (κ2) is 13.7. The molecule has 0 fully saturated rings. The Bertz CT molecular complexity index is 1050. The quantitative estimate of drug-likeness (QED) is 0.270. The maximum Gasteiger partial charge on any atom is 0.335 e. The summed E-state index contributed by atoms with van der Waals surface area (Å²) in [6, 6.07) is 4.46. The number of carboxylic acids is 1. The molecule has 1 rings (SSSR count). The number of hydrogen-bond acceptors (Lipinski definition) is 6. The van der Waals surface area contributed by atoms with Crippen molar-refractivity contribution in [2.75, 3.05) is 20.7 Å². The van der Waals surface area contributed by atoms with E-state index in [0.29, 0.717) is 5.57 Å². The van der Waals surface area contributed by atoms with Gasteiger partial charge in [-0.1, -0.05) is 66.7 Å². The zero-order valence-electron chi connectivity index (χ0n) is 25.3. The maximum absolute atomic E-state index is 13.9. The van der Waals surface area contributed by atoms with E-state index in [1.165, 1.54) is 12.1 Å². The van der Waals surface area contributed by atoms with Gasteiger partial charge in [0.15, 0.2) is 0 Å². The van der Waals surface area contributed by atoms with Crippen LogP contribution in [0.5, 0.6) is 0 Å². The fourth-order valence-corrected chi connectivity index (χ4v) is 4.57. The topological polar surface area (TPSA) is 125 Å². The molecule has 2 unspecified atom stereocenters. The fraction of sp³-hybridized carbons (Fsp3) is 0.600. The van der Waals surface area contributed by atoms with Crippen molar-refractivity contribution in [3.63, 3.8) is 0 Å². The Morgan fingerprint density at radius 1 is 1.03 bits per heavy atom. The van der Waals surface area contributed by atoms with Crippen LogP contribution < -0.4 is 10.6 Å². The number of aromatic carboxylic acids is 1. The van der Waals surface area contributed by atoms with Crippen molar-refractivity contribution in [1.82, 2.24) is 15.5 Å². The molecular weight excluding hydrogens is 498 g/mol. The number of nitrogens with one attached hydrogen (secondary N) is 2. The fourth-order valence-electron chi connectivity index (χ4n) is 4.57. The molecule has 39 heavy (non-hydrogen) atoms. The Morgan fingerprint density at radius 2 is 1.56 bits per heavy atom. The van der Waals surface area contributed by atoms with Gasteiger partial charge >= 0.3 is 11.9 Å². The highest BCUT2D eigenvalue weighted by Crippen LogP contribution is 2.29. The number of esters is 1. The molecule has 1 aromatic carbocycles. The van der Waals surface area contributed by atoms with Crippen molar-refractivity contribution in [2.24, 2.45) is 11.3 Å². The molecular formula is C30H47N3O6. The van der Waals surface area contributed by atoms with Crippen LogP contribution in [-0.4, -0.2) is 72.6 Å². The first-order chi connectivity index (χ1) is 17.9. The van der Waals surface area contributed by atoms with Gasteiger partial charge in [0.1, 0.15) is 6.04 Å². The molecule has 0 spiro atoms. The van der Waals surface area contributed by atoms with E-state index in [1.807, 2.05) is 48.5 Å². The number of nitrogens with zero attached hydrogens (tertiary/aromatic N) is 1. The number of likely N-dealkylation sites (N-methyl/N-ethyl adjacent to an activating group) is 2. The van der Waals surface area contributed by atoms with Crippen molar-refractivity contribution >= 4 is 23.8 Å². The summed E-state index contributed by atoms with van der Waals surface area (Å²) in [4.78, 5) is 52.6. The van der Waals surface area contributed by atoms with E-state index in [1.54, 1.807) is 51.1 Å². The lowest BCUT2D eigenvalue weighted by Crippen LogP contribution is -2.61. The predicted octanol–water partition coefficient (Wildman–Crippen LogP) is 3.77. The van der Waals surface area contributed by atoms with Crippen molar-refractivity contribution < 1.29 is 29.0 Å². The van der Waals surface area contributed by atoms with Gasteiger partial charge in [0.05, 0.1) is 24.3 Å². The first kappa shape index (κ1) is 33.8. The normalized spacial score (nSPS) is 14.8. The number of benzene rings is 1. The SMILES string of the molecule is CCOC(=O)/C(C)=C/C(C(C)C)N(C)C(=O)[C@@H](NC(=O)C(NC)C(C)(C)c1ccc(C(=O)O)cc1)C(C)(C)C. The molecule has 9 heteroatoms. The van der Waals surface area contributed by atoms with Crippen molar-refractivity contribution in [1.29, 1.82) is 0 Å². The Labute approximate surface area is 233 Å². The molecule has 218 valence electrons. The van der Waals surface area contributed by atoms with Crippen molar-refractivity contribution in [2.45, 2.75) is 85.9 Å². The number of hydrogen-bond donors (Lipinski definition) is 3. The molecule has 3 atom stereocenters. The molecule has 0 aliphatic rings. The Balaban J connectivity index is 3.32. The number of carboxylic acid groups (broad SMARTS) is 1. The molecule has 0 aromatic heterocycles. The third kappa shape index (κ3) is 8.65. The summed E-state index contributed by atoms with van der Waals surface area (Å²) in [5, 5.41) is 15.3. The van der Waals surface area contributed by atoms with Crippen LogP contribution in [0.4, 0.5) is 0 Å². The average Bonchev–Trinajstić information content (AvgIpc) is 2.84. The van der Waals surface area contributed by atoms with Crippen molar-refractivity contribution in [3.8, 4) is 0 Å². The van der Waals surface area contributed by atoms with E-state index in [9.17, 15) is 24.3 Å². The lowest BCUT2D eigenvalue weighted by Gasteiger charge is -2.40. The largest absolute Gasteiger partial charge is 0.478 e. The number of rotatable bonds is 12. The van der Waals surface area contributed by atoms with Crippen molar-refractivity contribution in [3.05, 3.63) is 47.0 Å². The smallest absolute Gasteiger partial charge is 0.335 e. The van der Waals surface area contributed by atoms with Gasteiger partial charge in [0.25, 0.3) is 0 Å². The van der Waals surface area contributed by atoms with Crippen LogP contribution in [0.15, 0.2) is 35.9 Å². The summed E-state index contributed by atoms with van der Waals surface area (Å²) < 4.78 is 5.10.